The number of hydrogen-bond donors (Lipinski definition) is 1. The maximum Gasteiger partial charge on any atom is 0.231 e. The predicted molar refractivity (Wildman–Crippen MR) is 94.1 cm³/mol. The van der Waals surface area contributed by atoms with Gasteiger partial charge in [-0.2, -0.15) is 5.10 Å². The second kappa shape index (κ2) is 6.51. The first-order chi connectivity index (χ1) is 12.5. The van der Waals surface area contributed by atoms with E-state index in [0.29, 0.717) is 30.4 Å². The molecule has 1 aliphatic heterocycles. The number of carbonyl (C=O) groups is 2. The van der Waals surface area contributed by atoms with Gasteiger partial charge < -0.3 is 14.8 Å². The first kappa shape index (κ1) is 16.7. The van der Waals surface area contributed by atoms with Crippen LogP contribution in [0.2, 0.25) is 0 Å². The summed E-state index contributed by atoms with van der Waals surface area (Å²) in [6.07, 6.45) is 6.66. The molecule has 2 aromatic heterocycles. The van der Waals surface area contributed by atoms with Crippen LogP contribution in [-0.2, 0) is 16.6 Å². The molecule has 8 heteroatoms. The molecule has 3 heterocycles. The van der Waals surface area contributed by atoms with Crippen molar-refractivity contribution in [3.8, 4) is 0 Å². The molecule has 4 rings (SSSR count). The van der Waals surface area contributed by atoms with Crippen LogP contribution in [0.15, 0.2) is 24.5 Å². The van der Waals surface area contributed by atoms with Crippen LogP contribution in [0.25, 0.3) is 0 Å². The number of aromatic nitrogens is 4. The fraction of sp³-hybridized carbons (Fsp3) is 0.500. The number of anilines is 1. The van der Waals surface area contributed by atoms with Gasteiger partial charge in [-0.3, -0.25) is 9.59 Å². The Balaban J connectivity index is 1.54. The normalized spacial score (nSPS) is 23.2. The topological polar surface area (TPSA) is 93.0 Å². The van der Waals surface area contributed by atoms with Gasteiger partial charge >= 0.3 is 0 Å². The second-order valence-corrected chi connectivity index (χ2v) is 7.10. The molecule has 0 bridgehead atoms. The van der Waals surface area contributed by atoms with Crippen LogP contribution in [-0.4, -0.2) is 43.5 Å². The number of aryl methyl sites for hydroxylation is 1. The SMILES string of the molecule is CN1C(=O)CC[C@H](C(=O)Nc2ccc(C3CC3)nn2)[C@H]1c1nccn1C. The Bertz CT molecular complexity index is 826. The molecule has 1 saturated carbocycles. The van der Waals surface area contributed by atoms with E-state index in [0.717, 1.165) is 18.5 Å². The second-order valence-electron chi connectivity index (χ2n) is 7.10. The Labute approximate surface area is 151 Å². The molecule has 0 aromatic carbocycles. The molecule has 2 aliphatic rings. The van der Waals surface area contributed by atoms with E-state index in [1.807, 2.05) is 23.9 Å². The van der Waals surface area contributed by atoms with Crippen LogP contribution in [0.1, 0.15) is 49.2 Å². The van der Waals surface area contributed by atoms with E-state index >= 15 is 0 Å². The molecule has 1 aliphatic carbocycles. The predicted octanol–water partition coefficient (Wildman–Crippen LogP) is 1.64. The summed E-state index contributed by atoms with van der Waals surface area (Å²) in [7, 11) is 3.59. The van der Waals surface area contributed by atoms with Crippen molar-refractivity contribution >= 4 is 17.6 Å². The fourth-order valence-electron chi connectivity index (χ4n) is 3.55. The minimum atomic E-state index is -0.394. The summed E-state index contributed by atoms with van der Waals surface area (Å²) in [4.78, 5) is 31.1. The van der Waals surface area contributed by atoms with E-state index in [4.69, 9.17) is 0 Å². The Morgan fingerprint density at radius 3 is 2.62 bits per heavy atom. The Morgan fingerprint density at radius 2 is 2.00 bits per heavy atom. The Morgan fingerprint density at radius 1 is 1.19 bits per heavy atom. The smallest absolute Gasteiger partial charge is 0.231 e. The molecular weight excluding hydrogens is 332 g/mol. The van der Waals surface area contributed by atoms with Crippen LogP contribution in [0.4, 0.5) is 5.82 Å². The molecule has 136 valence electrons. The van der Waals surface area contributed by atoms with E-state index in [1.165, 1.54) is 0 Å². The van der Waals surface area contributed by atoms with E-state index < -0.39 is 6.04 Å². The van der Waals surface area contributed by atoms with Crippen molar-refractivity contribution in [3.63, 3.8) is 0 Å². The minimum absolute atomic E-state index is 0.0237. The summed E-state index contributed by atoms with van der Waals surface area (Å²) in [6, 6.07) is 3.33. The molecule has 2 aromatic rings. The van der Waals surface area contributed by atoms with Gasteiger partial charge in [-0.15, -0.1) is 5.10 Å². The third-order valence-electron chi connectivity index (χ3n) is 5.25. The molecule has 2 fully saturated rings. The van der Waals surface area contributed by atoms with Crippen molar-refractivity contribution in [1.82, 2.24) is 24.6 Å². The highest BCUT2D eigenvalue weighted by Gasteiger charge is 2.41. The fourth-order valence-corrected chi connectivity index (χ4v) is 3.55. The number of piperidine rings is 1. The van der Waals surface area contributed by atoms with Crippen LogP contribution in [0.3, 0.4) is 0 Å². The number of carbonyl (C=O) groups excluding carboxylic acids is 2. The maximum absolute atomic E-state index is 12.9. The molecular formula is C18H22N6O2. The lowest BCUT2D eigenvalue weighted by atomic mass is 9.87. The van der Waals surface area contributed by atoms with Gasteiger partial charge in [0, 0.05) is 38.8 Å². The number of likely N-dealkylation sites (tertiary alicyclic amines) is 1. The van der Waals surface area contributed by atoms with Crippen LogP contribution < -0.4 is 5.32 Å². The van der Waals surface area contributed by atoms with Crippen molar-refractivity contribution < 1.29 is 9.59 Å². The molecule has 0 spiro atoms. The zero-order chi connectivity index (χ0) is 18.3. The van der Waals surface area contributed by atoms with Crippen LogP contribution in [0.5, 0.6) is 0 Å². The van der Waals surface area contributed by atoms with Gasteiger partial charge in [0.2, 0.25) is 11.8 Å². The van der Waals surface area contributed by atoms with Crippen molar-refractivity contribution in [2.75, 3.05) is 12.4 Å². The average molecular weight is 354 g/mol. The Hall–Kier alpha value is -2.77. The molecule has 1 saturated heterocycles. The first-order valence-corrected chi connectivity index (χ1v) is 8.92. The summed E-state index contributed by atoms with van der Waals surface area (Å²) >= 11 is 0. The first-order valence-electron chi connectivity index (χ1n) is 8.92. The van der Waals surface area contributed by atoms with E-state index in [-0.39, 0.29) is 17.7 Å². The van der Waals surface area contributed by atoms with Gasteiger partial charge in [-0.05, 0) is 31.4 Å². The molecule has 2 atom stereocenters. The van der Waals surface area contributed by atoms with Crippen LogP contribution in [0, 0.1) is 5.92 Å². The van der Waals surface area contributed by atoms with Crippen molar-refractivity contribution in [3.05, 3.63) is 36.0 Å². The van der Waals surface area contributed by atoms with Crippen molar-refractivity contribution in [2.24, 2.45) is 13.0 Å². The lowest BCUT2D eigenvalue weighted by Crippen LogP contribution is -2.45. The number of rotatable bonds is 4. The third kappa shape index (κ3) is 3.07. The summed E-state index contributed by atoms with van der Waals surface area (Å²) in [5, 5.41) is 11.2. The molecule has 8 nitrogen and oxygen atoms in total. The van der Waals surface area contributed by atoms with Crippen molar-refractivity contribution in [2.45, 2.75) is 37.6 Å². The minimum Gasteiger partial charge on any atom is -0.336 e. The number of amides is 2. The van der Waals surface area contributed by atoms with Gasteiger partial charge in [-0.25, -0.2) is 4.98 Å². The zero-order valence-corrected chi connectivity index (χ0v) is 14.9. The van der Waals surface area contributed by atoms with Gasteiger partial charge in [0.25, 0.3) is 0 Å². The van der Waals surface area contributed by atoms with Gasteiger partial charge in [0.15, 0.2) is 5.82 Å². The van der Waals surface area contributed by atoms with E-state index in [1.54, 1.807) is 24.2 Å². The molecule has 1 N–H and O–H groups in total. The summed E-state index contributed by atoms with van der Waals surface area (Å²) < 4.78 is 1.85. The van der Waals surface area contributed by atoms with Gasteiger partial charge in [0.1, 0.15) is 11.9 Å². The summed E-state index contributed by atoms with van der Waals surface area (Å²) in [5.41, 5.74) is 0.983. The lowest BCUT2D eigenvalue weighted by Gasteiger charge is -2.37. The highest BCUT2D eigenvalue weighted by molar-refractivity contribution is 5.93. The highest BCUT2D eigenvalue weighted by atomic mass is 16.2. The summed E-state index contributed by atoms with van der Waals surface area (Å²) in [5.74, 6) is 1.15. The zero-order valence-electron chi connectivity index (χ0n) is 14.9. The number of imidazole rings is 1. The quantitative estimate of drug-likeness (QED) is 0.901. The largest absolute Gasteiger partial charge is 0.336 e. The van der Waals surface area contributed by atoms with E-state index in [2.05, 4.69) is 20.5 Å². The Kier molecular flexibility index (Phi) is 4.18. The number of nitrogens with zero attached hydrogens (tertiary/aromatic N) is 5. The number of hydrogen-bond acceptors (Lipinski definition) is 5. The van der Waals surface area contributed by atoms with E-state index in [9.17, 15) is 9.59 Å². The molecule has 26 heavy (non-hydrogen) atoms. The monoisotopic (exact) mass is 354 g/mol. The molecule has 0 radical (unpaired) electrons. The van der Waals surface area contributed by atoms with Crippen molar-refractivity contribution in [1.29, 1.82) is 0 Å². The molecule has 0 unspecified atom stereocenters. The van der Waals surface area contributed by atoms with Crippen LogP contribution >= 0.6 is 0 Å². The highest BCUT2D eigenvalue weighted by Crippen LogP contribution is 2.39. The summed E-state index contributed by atoms with van der Waals surface area (Å²) in [6.45, 7) is 0. The maximum atomic E-state index is 12.9. The van der Waals surface area contributed by atoms with Gasteiger partial charge in [0.05, 0.1) is 11.6 Å². The average Bonchev–Trinajstić information content (AvgIpc) is 3.40. The number of nitrogens with one attached hydrogen (secondary N) is 1. The third-order valence-corrected chi connectivity index (χ3v) is 5.25. The lowest BCUT2D eigenvalue weighted by molar-refractivity contribution is -0.140. The molecule has 2 amide bonds. The van der Waals surface area contributed by atoms with Gasteiger partial charge in [-0.1, -0.05) is 0 Å². The standard InChI is InChI=1S/C18H22N6O2/c1-23-10-9-19-17(23)16-12(5-8-15(25)24(16)2)18(26)20-14-7-6-13(21-22-14)11-3-4-11/h6-7,9-12,16H,3-5,8H2,1-2H3,(H,20,22,26)/t12-,16-/m0/s1.